The molecule has 0 N–H and O–H groups in total. The van der Waals surface area contributed by atoms with Crippen molar-refractivity contribution in [2.75, 3.05) is 4.90 Å². The lowest BCUT2D eigenvalue weighted by Gasteiger charge is -2.40. The van der Waals surface area contributed by atoms with E-state index in [0.717, 1.165) is 33.6 Å². The van der Waals surface area contributed by atoms with Crippen molar-refractivity contribution in [3.05, 3.63) is 186 Å². The van der Waals surface area contributed by atoms with Crippen molar-refractivity contribution in [2.45, 2.75) is 15.2 Å². The molecule has 0 amide bonds. The Morgan fingerprint density at radius 3 is 1.74 bits per heavy atom. The van der Waals surface area contributed by atoms with E-state index in [1.807, 2.05) is 11.8 Å². The second-order valence-electron chi connectivity index (χ2n) is 12.0. The summed E-state index contributed by atoms with van der Waals surface area (Å²) in [5, 5.41) is 2.35. The molecule has 2 heterocycles. The first-order chi connectivity index (χ1) is 22.8. The third-order valence-corrected chi connectivity index (χ3v) is 10.9. The van der Waals surface area contributed by atoms with Crippen LogP contribution in [0, 0.1) is 0 Å². The Labute approximate surface area is 271 Å². The summed E-state index contributed by atoms with van der Waals surface area (Å²) in [6.45, 7) is 0. The fraction of sp³-hybridized carbons (Fsp3) is 0.0233. The average molecular weight is 606 g/mol. The molecule has 2 nitrogen and oxygen atoms in total. The number of furan rings is 1. The van der Waals surface area contributed by atoms with Gasteiger partial charge < -0.3 is 9.32 Å². The lowest BCUT2D eigenvalue weighted by molar-refractivity contribution is 0.666. The van der Waals surface area contributed by atoms with E-state index in [4.69, 9.17) is 4.42 Å². The van der Waals surface area contributed by atoms with Gasteiger partial charge in [0.15, 0.2) is 0 Å². The van der Waals surface area contributed by atoms with E-state index in [2.05, 4.69) is 169 Å². The van der Waals surface area contributed by atoms with Crippen LogP contribution in [-0.4, -0.2) is 0 Å². The Bertz CT molecular complexity index is 2380. The summed E-state index contributed by atoms with van der Waals surface area (Å²) < 4.78 is 6.45. The monoisotopic (exact) mass is 605 g/mol. The highest BCUT2D eigenvalue weighted by Gasteiger charge is 2.50. The van der Waals surface area contributed by atoms with Crippen LogP contribution in [0.5, 0.6) is 0 Å². The lowest BCUT2D eigenvalue weighted by Crippen LogP contribution is -2.32. The van der Waals surface area contributed by atoms with Crippen LogP contribution in [0.2, 0.25) is 0 Å². The molecule has 0 fully saturated rings. The maximum Gasteiger partial charge on any atom is 0.136 e. The number of fused-ring (bicyclic) bond motifs is 13. The highest BCUT2D eigenvalue weighted by molar-refractivity contribution is 7.99. The van der Waals surface area contributed by atoms with Crippen molar-refractivity contribution >= 4 is 50.8 Å². The molecule has 8 aromatic rings. The number of benzene rings is 7. The van der Waals surface area contributed by atoms with Crippen LogP contribution in [0.25, 0.3) is 33.1 Å². The van der Waals surface area contributed by atoms with E-state index in [1.165, 1.54) is 48.6 Å². The van der Waals surface area contributed by atoms with Gasteiger partial charge in [-0.3, -0.25) is 0 Å². The standard InChI is InChI=1S/C43H27NOS/c1-3-13-28(14-4-1)44(29-15-5-2-6-16-29)30-23-24-36-40(27-30)46-42-37(25-26-39-41(42)33-19-9-12-22-38(33)45-39)43(36)34-20-10-7-17-31(34)32-18-8-11-21-35(32)43/h1-27H. The minimum Gasteiger partial charge on any atom is -0.456 e. The summed E-state index contributed by atoms with van der Waals surface area (Å²) in [6.07, 6.45) is 0. The third kappa shape index (κ3) is 3.44. The molecule has 0 atom stereocenters. The molecule has 0 saturated heterocycles. The maximum absolute atomic E-state index is 6.45. The van der Waals surface area contributed by atoms with E-state index >= 15 is 0 Å². The Morgan fingerprint density at radius 1 is 0.457 bits per heavy atom. The topological polar surface area (TPSA) is 16.4 Å². The SMILES string of the molecule is c1ccc(N(c2ccccc2)c2ccc3c(c2)Sc2c(ccc4oc5ccccc5c24)C32c3ccccc3-c3ccccc32)cc1. The van der Waals surface area contributed by atoms with Crippen molar-refractivity contribution in [1.29, 1.82) is 0 Å². The third-order valence-electron chi connectivity index (χ3n) is 9.72. The summed E-state index contributed by atoms with van der Waals surface area (Å²) in [4.78, 5) is 4.88. The van der Waals surface area contributed by atoms with Gasteiger partial charge >= 0.3 is 0 Å². The second-order valence-corrected chi connectivity index (χ2v) is 13.1. The molecule has 2 aliphatic rings. The molecule has 1 aromatic heterocycles. The van der Waals surface area contributed by atoms with E-state index in [-0.39, 0.29) is 0 Å². The molecule has 3 heteroatoms. The van der Waals surface area contributed by atoms with Crippen molar-refractivity contribution in [3.8, 4) is 11.1 Å². The van der Waals surface area contributed by atoms with Crippen LogP contribution < -0.4 is 4.90 Å². The lowest BCUT2D eigenvalue weighted by atomic mass is 9.67. The molecule has 0 bridgehead atoms. The van der Waals surface area contributed by atoms with Crippen molar-refractivity contribution < 1.29 is 4.42 Å². The predicted octanol–water partition coefficient (Wildman–Crippen LogP) is 11.9. The van der Waals surface area contributed by atoms with E-state index in [1.54, 1.807) is 0 Å². The zero-order chi connectivity index (χ0) is 30.2. The molecule has 0 saturated carbocycles. The fourth-order valence-electron chi connectivity index (χ4n) is 7.90. The molecule has 1 spiro atoms. The normalized spacial score (nSPS) is 13.7. The summed E-state index contributed by atoms with van der Waals surface area (Å²) >= 11 is 1.88. The highest BCUT2D eigenvalue weighted by Crippen LogP contribution is 2.63. The van der Waals surface area contributed by atoms with Crippen molar-refractivity contribution in [2.24, 2.45) is 0 Å². The van der Waals surface area contributed by atoms with E-state index in [9.17, 15) is 0 Å². The number of para-hydroxylation sites is 3. The number of anilines is 3. The van der Waals surface area contributed by atoms with Gasteiger partial charge in [0.1, 0.15) is 11.2 Å². The minimum atomic E-state index is -0.460. The van der Waals surface area contributed by atoms with Gasteiger partial charge in [0, 0.05) is 37.6 Å². The van der Waals surface area contributed by atoms with Crippen LogP contribution in [0.3, 0.4) is 0 Å². The summed E-state index contributed by atoms with van der Waals surface area (Å²) in [5.74, 6) is 0. The summed E-state index contributed by atoms with van der Waals surface area (Å²) in [5.41, 5.74) is 12.7. The number of hydrogen-bond acceptors (Lipinski definition) is 3. The first-order valence-corrected chi connectivity index (χ1v) is 16.5. The van der Waals surface area contributed by atoms with Crippen molar-refractivity contribution in [1.82, 2.24) is 0 Å². The first-order valence-electron chi connectivity index (χ1n) is 15.7. The molecule has 46 heavy (non-hydrogen) atoms. The van der Waals surface area contributed by atoms with Crippen LogP contribution in [0.15, 0.2) is 178 Å². The number of hydrogen-bond donors (Lipinski definition) is 0. The maximum atomic E-state index is 6.45. The van der Waals surface area contributed by atoms with Crippen LogP contribution in [0.1, 0.15) is 22.3 Å². The molecule has 0 radical (unpaired) electrons. The van der Waals surface area contributed by atoms with Gasteiger partial charge in [-0.25, -0.2) is 0 Å². The molecular formula is C43H27NOS. The molecule has 1 aliphatic heterocycles. The summed E-state index contributed by atoms with van der Waals surface area (Å²) in [7, 11) is 0. The number of nitrogens with zero attached hydrogens (tertiary/aromatic N) is 1. The fourth-order valence-corrected chi connectivity index (χ4v) is 9.28. The smallest absolute Gasteiger partial charge is 0.136 e. The van der Waals surface area contributed by atoms with Crippen LogP contribution in [-0.2, 0) is 5.41 Å². The van der Waals surface area contributed by atoms with Gasteiger partial charge in [-0.2, -0.15) is 0 Å². The van der Waals surface area contributed by atoms with Gasteiger partial charge in [-0.15, -0.1) is 0 Å². The number of rotatable bonds is 3. The zero-order valence-corrected chi connectivity index (χ0v) is 25.7. The minimum absolute atomic E-state index is 0.460. The van der Waals surface area contributed by atoms with Gasteiger partial charge in [0.25, 0.3) is 0 Å². The largest absolute Gasteiger partial charge is 0.456 e. The van der Waals surface area contributed by atoms with Gasteiger partial charge in [0.05, 0.1) is 5.41 Å². The Morgan fingerprint density at radius 2 is 1.04 bits per heavy atom. The zero-order valence-electron chi connectivity index (χ0n) is 24.9. The Balaban J connectivity index is 1.31. The molecule has 7 aromatic carbocycles. The molecule has 216 valence electrons. The van der Waals surface area contributed by atoms with Crippen LogP contribution >= 0.6 is 11.8 Å². The summed E-state index contributed by atoms with van der Waals surface area (Å²) in [6, 6.07) is 59.3. The van der Waals surface area contributed by atoms with Gasteiger partial charge in [-0.1, -0.05) is 127 Å². The quantitative estimate of drug-likeness (QED) is 0.199. The molecule has 1 aliphatic carbocycles. The first kappa shape index (κ1) is 25.8. The Hall–Kier alpha value is -5.51. The van der Waals surface area contributed by atoms with Crippen LogP contribution in [0.4, 0.5) is 17.1 Å². The second kappa shape index (κ2) is 9.74. The molecule has 10 rings (SSSR count). The molecule has 0 unspecified atom stereocenters. The predicted molar refractivity (Wildman–Crippen MR) is 190 cm³/mol. The van der Waals surface area contributed by atoms with E-state index in [0.29, 0.717) is 0 Å². The van der Waals surface area contributed by atoms with Gasteiger partial charge in [0.2, 0.25) is 0 Å². The molecular weight excluding hydrogens is 579 g/mol. The van der Waals surface area contributed by atoms with E-state index < -0.39 is 5.41 Å². The van der Waals surface area contributed by atoms with Crippen molar-refractivity contribution in [3.63, 3.8) is 0 Å². The van der Waals surface area contributed by atoms with Gasteiger partial charge in [-0.05, 0) is 81.9 Å². The highest BCUT2D eigenvalue weighted by atomic mass is 32.2. The average Bonchev–Trinajstić information content (AvgIpc) is 3.64. The Kier molecular flexibility index (Phi) is 5.46.